The number of unbranched alkanes of at least 4 members (excludes halogenated alkanes) is 1. The number of nitrogens with two attached hydrogens (primary N) is 3. The molecule has 0 aliphatic rings. The van der Waals surface area contributed by atoms with Gasteiger partial charge in [-0.15, -0.1) is 0 Å². The highest BCUT2D eigenvalue weighted by Gasteiger charge is 2.28. The summed E-state index contributed by atoms with van der Waals surface area (Å²) in [6.45, 7) is -0.303. The third kappa shape index (κ3) is 8.41. The van der Waals surface area contributed by atoms with Gasteiger partial charge in [-0.2, -0.15) is 0 Å². The molecule has 0 aliphatic carbocycles. The molecule has 3 amide bonds. The van der Waals surface area contributed by atoms with Gasteiger partial charge in [0, 0.05) is 0 Å². The van der Waals surface area contributed by atoms with E-state index in [-0.39, 0.29) is 0 Å². The molecule has 24 heavy (non-hydrogen) atoms. The number of carbonyl (C=O) groups is 4. The highest BCUT2D eigenvalue weighted by Crippen LogP contribution is 1.99. The first-order chi connectivity index (χ1) is 11.2. The average Bonchev–Trinajstić information content (AvgIpc) is 2.50. The lowest BCUT2D eigenvalue weighted by atomic mass is 10.1. The lowest BCUT2D eigenvalue weighted by molar-refractivity contribution is -0.144. The van der Waals surface area contributed by atoms with Crippen molar-refractivity contribution in [2.24, 2.45) is 17.2 Å². The van der Waals surface area contributed by atoms with Crippen LogP contribution in [0.2, 0.25) is 0 Å². The van der Waals surface area contributed by atoms with E-state index in [1.165, 1.54) is 0 Å². The molecule has 10 N–H and O–H groups in total. The van der Waals surface area contributed by atoms with Gasteiger partial charge in [0.05, 0.1) is 19.1 Å². The van der Waals surface area contributed by atoms with Crippen LogP contribution in [-0.2, 0) is 19.2 Å². The van der Waals surface area contributed by atoms with Gasteiger partial charge in [-0.3, -0.25) is 14.4 Å². The van der Waals surface area contributed by atoms with Gasteiger partial charge >= 0.3 is 5.97 Å². The van der Waals surface area contributed by atoms with Gasteiger partial charge in [-0.05, 0) is 19.4 Å². The Kier molecular flexibility index (Phi) is 10.3. The van der Waals surface area contributed by atoms with Gasteiger partial charge < -0.3 is 38.0 Å². The Bertz CT molecular complexity index is 458. The first kappa shape index (κ1) is 21.8. The summed E-state index contributed by atoms with van der Waals surface area (Å²) in [7, 11) is 0. The molecule has 0 heterocycles. The number of rotatable bonds is 12. The average molecular weight is 347 g/mol. The molecule has 0 fully saturated rings. The monoisotopic (exact) mass is 347 g/mol. The molecule has 0 bridgehead atoms. The lowest BCUT2D eigenvalue weighted by Gasteiger charge is -2.21. The number of amides is 3. The normalized spacial score (nSPS) is 14.3. The molecule has 0 rings (SSSR count). The number of hydrogen-bond acceptors (Lipinski definition) is 7. The van der Waals surface area contributed by atoms with E-state index in [4.69, 9.17) is 22.3 Å². The van der Waals surface area contributed by atoms with Gasteiger partial charge in [-0.1, -0.05) is 6.42 Å². The second kappa shape index (κ2) is 11.3. The van der Waals surface area contributed by atoms with Gasteiger partial charge in [0.2, 0.25) is 17.7 Å². The summed E-state index contributed by atoms with van der Waals surface area (Å²) >= 11 is 0. The van der Waals surface area contributed by atoms with Crippen LogP contribution in [0.15, 0.2) is 0 Å². The van der Waals surface area contributed by atoms with E-state index in [0.717, 1.165) is 0 Å². The van der Waals surface area contributed by atoms with E-state index < -0.39 is 54.8 Å². The van der Waals surface area contributed by atoms with E-state index in [2.05, 4.69) is 5.32 Å². The summed E-state index contributed by atoms with van der Waals surface area (Å²) in [5.74, 6) is -4.02. The van der Waals surface area contributed by atoms with Crippen LogP contribution in [0.5, 0.6) is 0 Å². The summed E-state index contributed by atoms with van der Waals surface area (Å²) in [6.07, 6.45) is 1.05. The van der Waals surface area contributed by atoms with Crippen LogP contribution in [0.4, 0.5) is 0 Å². The van der Waals surface area contributed by atoms with Crippen molar-refractivity contribution < 1.29 is 29.4 Å². The predicted molar refractivity (Wildman–Crippen MR) is 83.3 cm³/mol. The summed E-state index contributed by atoms with van der Waals surface area (Å²) < 4.78 is 0. The van der Waals surface area contributed by atoms with Crippen LogP contribution in [0, 0.1) is 0 Å². The second-order valence-corrected chi connectivity index (χ2v) is 5.20. The zero-order valence-corrected chi connectivity index (χ0v) is 13.2. The van der Waals surface area contributed by atoms with E-state index >= 15 is 0 Å². The van der Waals surface area contributed by atoms with E-state index in [0.29, 0.717) is 25.8 Å². The van der Waals surface area contributed by atoms with E-state index in [1.807, 2.05) is 5.32 Å². The van der Waals surface area contributed by atoms with Crippen molar-refractivity contribution in [3.05, 3.63) is 0 Å². The van der Waals surface area contributed by atoms with Crippen molar-refractivity contribution in [1.82, 2.24) is 10.6 Å². The molecule has 0 aromatic rings. The minimum absolute atomic E-state index is 0.349. The number of primary amides is 1. The van der Waals surface area contributed by atoms with E-state index in [9.17, 15) is 24.3 Å². The zero-order chi connectivity index (χ0) is 18.7. The number of hydrogen-bond donors (Lipinski definition) is 7. The Labute approximate surface area is 138 Å². The van der Waals surface area contributed by atoms with Crippen molar-refractivity contribution in [1.29, 1.82) is 0 Å². The van der Waals surface area contributed by atoms with Crippen LogP contribution in [0.3, 0.4) is 0 Å². The topological polar surface area (TPSA) is 211 Å². The molecule has 0 radical (unpaired) electrons. The molecule has 11 heteroatoms. The quantitative estimate of drug-likeness (QED) is 0.174. The molecule has 138 valence electrons. The SMILES string of the molecule is NCCCCC(N)C(=O)NC(CO)C(=O)NC(CC(N)=O)C(=O)O. The first-order valence-electron chi connectivity index (χ1n) is 7.41. The molecule has 3 unspecified atom stereocenters. The minimum Gasteiger partial charge on any atom is -0.480 e. The van der Waals surface area contributed by atoms with Crippen LogP contribution in [0.1, 0.15) is 25.7 Å². The predicted octanol–water partition coefficient (Wildman–Crippen LogP) is -3.64. The largest absolute Gasteiger partial charge is 0.480 e. The van der Waals surface area contributed by atoms with Crippen molar-refractivity contribution in [2.45, 2.75) is 43.8 Å². The molecule has 0 saturated carbocycles. The fourth-order valence-electron chi connectivity index (χ4n) is 1.79. The number of carbonyl (C=O) groups excluding carboxylic acids is 3. The molecule has 11 nitrogen and oxygen atoms in total. The smallest absolute Gasteiger partial charge is 0.326 e. The Morgan fingerprint density at radius 1 is 1.00 bits per heavy atom. The van der Waals surface area contributed by atoms with Crippen molar-refractivity contribution in [3.63, 3.8) is 0 Å². The highest BCUT2D eigenvalue weighted by atomic mass is 16.4. The molecule has 0 aromatic carbocycles. The third-order valence-corrected chi connectivity index (χ3v) is 3.14. The standard InChI is InChI=1S/C13H25N5O6/c14-4-2-1-3-7(15)11(21)18-9(6-19)12(22)17-8(13(23)24)5-10(16)20/h7-9,19H,1-6,14-15H2,(H2,16,20)(H,17,22)(H,18,21)(H,23,24). The Balaban J connectivity index is 4.64. The van der Waals surface area contributed by atoms with Gasteiger partial charge in [-0.25, -0.2) is 4.79 Å². The molecule has 0 spiro atoms. The van der Waals surface area contributed by atoms with Crippen LogP contribution >= 0.6 is 0 Å². The Morgan fingerprint density at radius 3 is 2.04 bits per heavy atom. The van der Waals surface area contributed by atoms with Gasteiger partial charge in [0.1, 0.15) is 12.1 Å². The fourth-order valence-corrected chi connectivity index (χ4v) is 1.79. The van der Waals surface area contributed by atoms with Crippen molar-refractivity contribution in [3.8, 4) is 0 Å². The number of aliphatic carboxylic acids is 1. The Morgan fingerprint density at radius 2 is 1.58 bits per heavy atom. The highest BCUT2D eigenvalue weighted by molar-refractivity contribution is 5.93. The minimum atomic E-state index is -1.56. The molecule has 0 saturated heterocycles. The number of carboxylic acid groups (broad SMARTS) is 1. The number of carboxylic acids is 1. The van der Waals surface area contributed by atoms with Crippen LogP contribution in [-0.4, -0.2) is 65.2 Å². The van der Waals surface area contributed by atoms with Crippen LogP contribution in [0.25, 0.3) is 0 Å². The van der Waals surface area contributed by atoms with Gasteiger partial charge in [0.25, 0.3) is 0 Å². The molecule has 0 aromatic heterocycles. The second-order valence-electron chi connectivity index (χ2n) is 5.20. The maximum absolute atomic E-state index is 11.9. The lowest BCUT2D eigenvalue weighted by Crippen LogP contribution is -2.56. The maximum Gasteiger partial charge on any atom is 0.326 e. The first-order valence-corrected chi connectivity index (χ1v) is 7.41. The maximum atomic E-state index is 11.9. The van der Waals surface area contributed by atoms with Crippen LogP contribution < -0.4 is 27.8 Å². The van der Waals surface area contributed by atoms with Crippen molar-refractivity contribution in [2.75, 3.05) is 13.2 Å². The molecule has 0 aliphatic heterocycles. The molecular formula is C13H25N5O6. The summed E-state index contributed by atoms with van der Waals surface area (Å²) in [5, 5.41) is 22.4. The zero-order valence-electron chi connectivity index (χ0n) is 13.2. The van der Waals surface area contributed by atoms with E-state index in [1.54, 1.807) is 0 Å². The summed E-state index contributed by atoms with van der Waals surface area (Å²) in [6, 6.07) is -3.84. The third-order valence-electron chi connectivity index (χ3n) is 3.14. The summed E-state index contributed by atoms with van der Waals surface area (Å²) in [4.78, 5) is 45.5. The summed E-state index contributed by atoms with van der Waals surface area (Å²) in [5.41, 5.74) is 15.9. The number of aliphatic hydroxyl groups is 1. The fraction of sp³-hybridized carbons (Fsp3) is 0.692. The number of aliphatic hydroxyl groups excluding tert-OH is 1. The molecular weight excluding hydrogens is 322 g/mol. The van der Waals surface area contributed by atoms with Crippen molar-refractivity contribution >= 4 is 23.7 Å². The van der Waals surface area contributed by atoms with Gasteiger partial charge in [0.15, 0.2) is 0 Å². The Hall–Kier alpha value is -2.24. The molecule has 3 atom stereocenters. The number of nitrogens with one attached hydrogen (secondary N) is 2.